The summed E-state index contributed by atoms with van der Waals surface area (Å²) in [5.74, 6) is -0.150. The molecule has 0 spiro atoms. The first-order chi connectivity index (χ1) is 14.3. The molecule has 0 aromatic heterocycles. The van der Waals surface area contributed by atoms with Gasteiger partial charge in [0, 0.05) is 26.4 Å². The number of benzene rings is 1. The maximum Gasteiger partial charge on any atom is 0.303 e. The summed E-state index contributed by atoms with van der Waals surface area (Å²) in [4.78, 5) is 23.3. The second kappa shape index (κ2) is 11.9. The Morgan fingerprint density at radius 1 is 1.00 bits per heavy atom. The highest BCUT2D eigenvalue weighted by Gasteiger charge is 2.47. The molecule has 0 unspecified atom stereocenters. The summed E-state index contributed by atoms with van der Waals surface area (Å²) in [5.41, 5.74) is 1.23. The number of aryl methyl sites for hydroxylation is 1. The number of esters is 2. The van der Waals surface area contributed by atoms with Crippen molar-refractivity contribution in [3.63, 3.8) is 0 Å². The summed E-state index contributed by atoms with van der Waals surface area (Å²) in [7, 11) is 1.65. The van der Waals surface area contributed by atoms with Gasteiger partial charge in [0.2, 0.25) is 0 Å². The highest BCUT2D eigenvalue weighted by molar-refractivity contribution is 5.67. The zero-order valence-corrected chi connectivity index (χ0v) is 18.6. The first-order valence-electron chi connectivity index (χ1n) is 10.6. The van der Waals surface area contributed by atoms with Crippen molar-refractivity contribution in [1.29, 1.82) is 0 Å². The number of carbonyl (C=O) groups is 2. The maximum absolute atomic E-state index is 11.6. The molecule has 1 heterocycles. The molecule has 5 atom stereocenters. The average Bonchev–Trinajstić information content (AvgIpc) is 2.71. The Morgan fingerprint density at radius 3 is 2.20 bits per heavy atom. The zero-order chi connectivity index (χ0) is 22.1. The van der Waals surface area contributed by atoms with Crippen molar-refractivity contribution in [2.45, 2.75) is 78.0 Å². The Hall–Kier alpha value is -2.12. The molecule has 1 aromatic rings. The summed E-state index contributed by atoms with van der Waals surface area (Å²) < 4.78 is 28.1. The molecule has 0 saturated carbocycles. The highest BCUT2D eigenvalue weighted by atomic mass is 16.7. The highest BCUT2D eigenvalue weighted by Crippen LogP contribution is 2.32. The Kier molecular flexibility index (Phi) is 9.59. The number of methoxy groups -OCH3 is 1. The van der Waals surface area contributed by atoms with Crippen molar-refractivity contribution < 1.29 is 33.3 Å². The molecule has 0 radical (unpaired) electrons. The van der Waals surface area contributed by atoms with Gasteiger partial charge in [-0.1, -0.05) is 26.0 Å². The van der Waals surface area contributed by atoms with E-state index in [1.165, 1.54) is 19.4 Å². The van der Waals surface area contributed by atoms with Crippen molar-refractivity contribution in [1.82, 2.24) is 0 Å². The minimum atomic E-state index is -0.786. The van der Waals surface area contributed by atoms with Crippen LogP contribution in [0.1, 0.15) is 52.5 Å². The summed E-state index contributed by atoms with van der Waals surface area (Å²) in [5, 5.41) is 0. The summed E-state index contributed by atoms with van der Waals surface area (Å²) in [6, 6.07) is 8.01. The monoisotopic (exact) mass is 422 g/mol. The lowest BCUT2D eigenvalue weighted by Gasteiger charge is -2.43. The van der Waals surface area contributed by atoms with E-state index in [0.29, 0.717) is 6.61 Å². The van der Waals surface area contributed by atoms with Gasteiger partial charge >= 0.3 is 11.9 Å². The summed E-state index contributed by atoms with van der Waals surface area (Å²) >= 11 is 0. The third-order valence-electron chi connectivity index (χ3n) is 5.31. The van der Waals surface area contributed by atoms with Gasteiger partial charge in [-0.05, 0) is 43.4 Å². The van der Waals surface area contributed by atoms with E-state index in [4.69, 9.17) is 23.7 Å². The molecule has 168 valence electrons. The molecule has 7 nitrogen and oxygen atoms in total. The van der Waals surface area contributed by atoms with Crippen LogP contribution in [0.3, 0.4) is 0 Å². The predicted octanol–water partition coefficient (Wildman–Crippen LogP) is 3.67. The zero-order valence-electron chi connectivity index (χ0n) is 18.6. The topological polar surface area (TPSA) is 80.3 Å². The first-order valence-corrected chi connectivity index (χ1v) is 10.6. The first kappa shape index (κ1) is 24.2. The lowest BCUT2D eigenvalue weighted by atomic mass is 9.89. The molecule has 1 aromatic carbocycles. The molecule has 0 amide bonds. The van der Waals surface area contributed by atoms with E-state index in [2.05, 4.69) is 12.1 Å². The fourth-order valence-corrected chi connectivity index (χ4v) is 3.74. The second-order valence-corrected chi connectivity index (χ2v) is 7.63. The molecule has 7 heteroatoms. The van der Waals surface area contributed by atoms with Crippen LogP contribution >= 0.6 is 0 Å². The number of hydrogen-bond acceptors (Lipinski definition) is 7. The largest absolute Gasteiger partial charge is 0.497 e. The van der Waals surface area contributed by atoms with Crippen LogP contribution in [0.5, 0.6) is 5.75 Å². The maximum atomic E-state index is 11.6. The van der Waals surface area contributed by atoms with E-state index in [1.807, 2.05) is 26.0 Å². The number of unbranched alkanes of at least 4 members (excludes halogenated alkanes) is 1. The molecule has 1 fully saturated rings. The Bertz CT molecular complexity index is 673. The number of ether oxygens (including phenoxy) is 5. The molecule has 0 N–H and O–H groups in total. The van der Waals surface area contributed by atoms with Gasteiger partial charge in [0.05, 0.1) is 13.2 Å². The second-order valence-electron chi connectivity index (χ2n) is 7.63. The van der Waals surface area contributed by atoms with Crippen molar-refractivity contribution in [3.8, 4) is 5.75 Å². The van der Waals surface area contributed by atoms with Gasteiger partial charge in [-0.2, -0.15) is 0 Å². The standard InChI is InChI=1S/C23H34O7/c1-6-20-15(2)21(28-16(3)24)22(29-17(4)25)23(30-20)27-14-8-7-9-18-10-12-19(26-5)13-11-18/h10-13,15,20-23H,6-9,14H2,1-5H3/t15-,20-,21+,22-,23-/m0/s1. The van der Waals surface area contributed by atoms with E-state index in [-0.39, 0.29) is 12.0 Å². The molecule has 30 heavy (non-hydrogen) atoms. The van der Waals surface area contributed by atoms with E-state index in [9.17, 15) is 9.59 Å². The van der Waals surface area contributed by atoms with Gasteiger partial charge in [-0.15, -0.1) is 0 Å². The van der Waals surface area contributed by atoms with E-state index in [0.717, 1.165) is 31.4 Å². The molecular formula is C23H34O7. The number of hydrogen-bond donors (Lipinski definition) is 0. The third kappa shape index (κ3) is 6.99. The van der Waals surface area contributed by atoms with Crippen LogP contribution in [0.15, 0.2) is 24.3 Å². The number of carbonyl (C=O) groups excluding carboxylic acids is 2. The van der Waals surface area contributed by atoms with Crippen LogP contribution in [0, 0.1) is 5.92 Å². The minimum absolute atomic E-state index is 0.113. The fourth-order valence-electron chi connectivity index (χ4n) is 3.74. The average molecular weight is 423 g/mol. The van der Waals surface area contributed by atoms with Crippen LogP contribution in [0.25, 0.3) is 0 Å². The molecule has 2 rings (SSSR count). The molecule has 1 saturated heterocycles. The van der Waals surface area contributed by atoms with Crippen molar-refractivity contribution in [2.24, 2.45) is 5.92 Å². The third-order valence-corrected chi connectivity index (χ3v) is 5.31. The lowest BCUT2D eigenvalue weighted by molar-refractivity contribution is -0.290. The van der Waals surface area contributed by atoms with E-state index in [1.54, 1.807) is 7.11 Å². The molecule has 1 aliphatic rings. The predicted molar refractivity (Wildman–Crippen MR) is 111 cm³/mol. The van der Waals surface area contributed by atoms with Crippen LogP contribution in [0.2, 0.25) is 0 Å². The van der Waals surface area contributed by atoms with Gasteiger partial charge in [0.1, 0.15) is 11.9 Å². The normalized spacial score (nSPS) is 26.1. The van der Waals surface area contributed by atoms with Crippen LogP contribution < -0.4 is 4.74 Å². The Balaban J connectivity index is 1.92. The van der Waals surface area contributed by atoms with Crippen molar-refractivity contribution >= 4 is 11.9 Å². The van der Waals surface area contributed by atoms with Crippen LogP contribution in [0.4, 0.5) is 0 Å². The van der Waals surface area contributed by atoms with Gasteiger partial charge in [-0.25, -0.2) is 0 Å². The van der Waals surface area contributed by atoms with Crippen molar-refractivity contribution in [2.75, 3.05) is 13.7 Å². The van der Waals surface area contributed by atoms with E-state index < -0.39 is 30.4 Å². The number of rotatable bonds is 10. The molecular weight excluding hydrogens is 388 g/mol. The van der Waals surface area contributed by atoms with E-state index >= 15 is 0 Å². The van der Waals surface area contributed by atoms with Gasteiger partial charge in [0.25, 0.3) is 0 Å². The lowest BCUT2D eigenvalue weighted by Crippen LogP contribution is -2.57. The van der Waals surface area contributed by atoms with Gasteiger partial charge in [0.15, 0.2) is 12.4 Å². The smallest absolute Gasteiger partial charge is 0.303 e. The quantitative estimate of drug-likeness (QED) is 0.420. The van der Waals surface area contributed by atoms with Crippen LogP contribution in [-0.4, -0.2) is 50.3 Å². The summed E-state index contributed by atoms with van der Waals surface area (Å²) in [6.07, 6.45) is 1.13. The van der Waals surface area contributed by atoms with Crippen molar-refractivity contribution in [3.05, 3.63) is 29.8 Å². The van der Waals surface area contributed by atoms with Gasteiger partial charge in [-0.3, -0.25) is 9.59 Å². The van der Waals surface area contributed by atoms with Crippen LogP contribution in [-0.2, 0) is 35.0 Å². The fraction of sp³-hybridized carbons (Fsp3) is 0.652. The van der Waals surface area contributed by atoms with Gasteiger partial charge < -0.3 is 23.7 Å². The minimum Gasteiger partial charge on any atom is -0.497 e. The Morgan fingerprint density at radius 2 is 1.63 bits per heavy atom. The molecule has 1 aliphatic heterocycles. The summed E-state index contributed by atoms with van der Waals surface area (Å²) in [6.45, 7) is 7.07. The SMILES string of the molecule is CC[C@@H]1O[C@H](OCCCCc2ccc(OC)cc2)[C@@H](OC(C)=O)[C@H](OC(C)=O)[C@H]1C. The molecule has 0 bridgehead atoms. The Labute approximate surface area is 179 Å². The molecule has 0 aliphatic carbocycles.